The molecule has 2 saturated heterocycles. The third-order valence-electron chi connectivity index (χ3n) is 6.05. The fourth-order valence-corrected chi connectivity index (χ4v) is 4.45. The molecule has 29 heavy (non-hydrogen) atoms. The van der Waals surface area contributed by atoms with Crippen LogP contribution in [-0.2, 0) is 11.3 Å². The van der Waals surface area contributed by atoms with E-state index in [0.717, 1.165) is 29.8 Å². The maximum absolute atomic E-state index is 15.0. The smallest absolute Gasteiger partial charge is 0.272 e. The van der Waals surface area contributed by atoms with Crippen LogP contribution < -0.4 is 4.90 Å². The van der Waals surface area contributed by atoms with Gasteiger partial charge in [-0.25, -0.2) is 8.78 Å². The normalized spacial score (nSPS) is 21.6. The Labute approximate surface area is 169 Å². The minimum atomic E-state index is -2.87. The Kier molecular flexibility index (Phi) is 5.19. The van der Waals surface area contributed by atoms with Gasteiger partial charge in [-0.05, 0) is 54.7 Å². The number of aromatic hydroxyl groups is 1. The number of rotatable bonds is 4. The Balaban J connectivity index is 1.52. The summed E-state index contributed by atoms with van der Waals surface area (Å²) in [5, 5.41) is 9.43. The van der Waals surface area contributed by atoms with Crippen LogP contribution in [0.25, 0.3) is 0 Å². The molecule has 4 rings (SSSR count). The second-order valence-corrected chi connectivity index (χ2v) is 8.16. The van der Waals surface area contributed by atoms with Crippen LogP contribution in [0.2, 0.25) is 0 Å². The summed E-state index contributed by atoms with van der Waals surface area (Å²) in [6.07, 6.45) is 1.82. The molecule has 154 valence electrons. The van der Waals surface area contributed by atoms with Crippen LogP contribution in [0.4, 0.5) is 14.5 Å². The van der Waals surface area contributed by atoms with E-state index in [-0.39, 0.29) is 18.2 Å². The van der Waals surface area contributed by atoms with E-state index < -0.39 is 11.8 Å². The van der Waals surface area contributed by atoms with Gasteiger partial charge in [0.05, 0.1) is 12.5 Å². The molecule has 2 aromatic carbocycles. The van der Waals surface area contributed by atoms with Gasteiger partial charge < -0.3 is 14.9 Å². The van der Waals surface area contributed by atoms with Crippen molar-refractivity contribution in [1.29, 1.82) is 0 Å². The molecular formula is C23H26F2N2O2. The van der Waals surface area contributed by atoms with Crippen molar-refractivity contribution in [3.05, 3.63) is 59.2 Å². The topological polar surface area (TPSA) is 43.8 Å². The molecule has 0 aliphatic carbocycles. The first-order valence-corrected chi connectivity index (χ1v) is 10.1. The maximum atomic E-state index is 15.0. The third kappa shape index (κ3) is 4.07. The molecule has 0 spiro atoms. The van der Waals surface area contributed by atoms with Gasteiger partial charge in [0.25, 0.3) is 5.92 Å². The first kappa shape index (κ1) is 19.7. The second kappa shape index (κ2) is 7.65. The average Bonchev–Trinajstić information content (AvgIpc) is 3.08. The number of halogens is 2. The summed E-state index contributed by atoms with van der Waals surface area (Å²) in [5.41, 5.74) is 3.31. The van der Waals surface area contributed by atoms with Gasteiger partial charge in [0, 0.05) is 31.7 Å². The van der Waals surface area contributed by atoms with Crippen molar-refractivity contribution >= 4 is 11.6 Å². The van der Waals surface area contributed by atoms with E-state index >= 15 is 8.78 Å². The van der Waals surface area contributed by atoms with E-state index in [2.05, 4.69) is 0 Å². The summed E-state index contributed by atoms with van der Waals surface area (Å²) in [5.74, 6) is -3.49. The number of phenols is 1. The molecule has 0 radical (unpaired) electrons. The number of phenolic OH excluding ortho intramolecular Hbond substituents is 1. The molecule has 2 aromatic rings. The molecule has 0 bridgehead atoms. The number of likely N-dealkylation sites (tertiary alicyclic amines) is 1. The highest BCUT2D eigenvalue weighted by atomic mass is 19.3. The number of amides is 1. The number of carbonyl (C=O) groups is 1. The van der Waals surface area contributed by atoms with Crippen LogP contribution in [0.1, 0.15) is 41.9 Å². The molecule has 2 aliphatic heterocycles. The number of carbonyl (C=O) groups excluding carboxylic acids is 1. The summed E-state index contributed by atoms with van der Waals surface area (Å²) < 4.78 is 30.1. The SMILES string of the molecule is Cc1ccc(CN2CCCC2=O)cc1N1CCC(c2ccc(O)cc2)C(F)(F)C1. The average molecular weight is 400 g/mol. The molecule has 4 nitrogen and oxygen atoms in total. The molecule has 1 atom stereocenters. The fraction of sp³-hybridized carbons (Fsp3) is 0.435. The molecule has 2 heterocycles. The van der Waals surface area contributed by atoms with E-state index in [4.69, 9.17) is 0 Å². The van der Waals surface area contributed by atoms with E-state index in [9.17, 15) is 9.90 Å². The number of piperidine rings is 1. The number of nitrogens with zero attached hydrogens (tertiary/aromatic N) is 2. The van der Waals surface area contributed by atoms with Gasteiger partial charge >= 0.3 is 0 Å². The Hall–Kier alpha value is -2.63. The molecule has 6 heteroatoms. The van der Waals surface area contributed by atoms with Crippen LogP contribution in [0.5, 0.6) is 5.75 Å². The van der Waals surface area contributed by atoms with E-state index in [1.54, 1.807) is 17.0 Å². The Morgan fingerprint density at radius 3 is 2.55 bits per heavy atom. The minimum absolute atomic E-state index is 0.0819. The van der Waals surface area contributed by atoms with Crippen molar-refractivity contribution in [2.45, 2.75) is 44.6 Å². The summed E-state index contributed by atoms with van der Waals surface area (Å²) >= 11 is 0. The molecule has 2 aliphatic rings. The highest BCUT2D eigenvalue weighted by Gasteiger charge is 2.45. The molecule has 1 amide bonds. The highest BCUT2D eigenvalue weighted by Crippen LogP contribution is 2.42. The predicted octanol–water partition coefficient (Wildman–Crippen LogP) is 4.45. The lowest BCUT2D eigenvalue weighted by Crippen LogP contribution is -2.47. The first-order chi connectivity index (χ1) is 13.8. The number of aryl methyl sites for hydroxylation is 1. The van der Waals surface area contributed by atoms with Crippen LogP contribution in [0.3, 0.4) is 0 Å². The van der Waals surface area contributed by atoms with Crippen molar-refractivity contribution < 1.29 is 18.7 Å². The summed E-state index contributed by atoms with van der Waals surface area (Å²) in [4.78, 5) is 15.5. The van der Waals surface area contributed by atoms with Crippen molar-refractivity contribution in [2.75, 3.05) is 24.5 Å². The van der Waals surface area contributed by atoms with E-state index in [0.29, 0.717) is 31.5 Å². The van der Waals surface area contributed by atoms with Crippen molar-refractivity contribution in [3.63, 3.8) is 0 Å². The van der Waals surface area contributed by atoms with Crippen LogP contribution in [0, 0.1) is 6.92 Å². The van der Waals surface area contributed by atoms with Gasteiger partial charge in [0.15, 0.2) is 0 Å². The zero-order valence-electron chi connectivity index (χ0n) is 16.6. The lowest BCUT2D eigenvalue weighted by molar-refractivity contribution is -0.128. The van der Waals surface area contributed by atoms with Gasteiger partial charge in [0.1, 0.15) is 5.75 Å². The van der Waals surface area contributed by atoms with Crippen molar-refractivity contribution in [2.24, 2.45) is 0 Å². The number of alkyl halides is 2. The first-order valence-electron chi connectivity index (χ1n) is 10.1. The number of anilines is 1. The number of hydrogen-bond donors (Lipinski definition) is 1. The Bertz CT molecular complexity index is 898. The van der Waals surface area contributed by atoms with Gasteiger partial charge in [0.2, 0.25) is 5.91 Å². The Morgan fingerprint density at radius 1 is 1.14 bits per heavy atom. The highest BCUT2D eigenvalue weighted by molar-refractivity contribution is 5.78. The lowest BCUT2D eigenvalue weighted by Gasteiger charge is -2.40. The number of benzene rings is 2. The van der Waals surface area contributed by atoms with Gasteiger partial charge in [-0.3, -0.25) is 4.79 Å². The summed E-state index contributed by atoms with van der Waals surface area (Å²) in [6.45, 7) is 3.43. The molecule has 0 saturated carbocycles. The number of hydrogen-bond acceptors (Lipinski definition) is 3. The predicted molar refractivity (Wildman–Crippen MR) is 108 cm³/mol. The van der Waals surface area contributed by atoms with Crippen LogP contribution in [-0.4, -0.2) is 41.5 Å². The van der Waals surface area contributed by atoms with Crippen LogP contribution >= 0.6 is 0 Å². The summed E-state index contributed by atoms with van der Waals surface area (Å²) in [7, 11) is 0. The monoisotopic (exact) mass is 400 g/mol. The van der Waals surface area contributed by atoms with Gasteiger partial charge in [-0.1, -0.05) is 24.3 Å². The van der Waals surface area contributed by atoms with E-state index in [1.165, 1.54) is 12.1 Å². The summed E-state index contributed by atoms with van der Waals surface area (Å²) in [6, 6.07) is 12.0. The second-order valence-electron chi connectivity index (χ2n) is 8.16. The largest absolute Gasteiger partial charge is 0.508 e. The van der Waals surface area contributed by atoms with Gasteiger partial charge in [-0.2, -0.15) is 0 Å². The lowest BCUT2D eigenvalue weighted by atomic mass is 9.85. The van der Waals surface area contributed by atoms with Crippen molar-refractivity contribution in [3.8, 4) is 5.75 Å². The fourth-order valence-electron chi connectivity index (χ4n) is 4.45. The zero-order chi connectivity index (χ0) is 20.6. The zero-order valence-corrected chi connectivity index (χ0v) is 16.6. The van der Waals surface area contributed by atoms with Crippen molar-refractivity contribution in [1.82, 2.24) is 4.90 Å². The standard InChI is InChI=1S/C23H26F2N2O2/c1-16-4-5-17(14-26-11-2-3-22(26)29)13-21(16)27-12-10-20(23(24,25)15-27)18-6-8-19(28)9-7-18/h4-9,13,20,28H,2-3,10-12,14-15H2,1H3. The molecule has 1 N–H and O–H groups in total. The van der Waals surface area contributed by atoms with Crippen LogP contribution in [0.15, 0.2) is 42.5 Å². The minimum Gasteiger partial charge on any atom is -0.508 e. The molecule has 1 unspecified atom stereocenters. The Morgan fingerprint density at radius 2 is 1.90 bits per heavy atom. The molecular weight excluding hydrogens is 374 g/mol. The third-order valence-corrected chi connectivity index (χ3v) is 6.05. The van der Waals surface area contributed by atoms with Gasteiger partial charge in [-0.15, -0.1) is 0 Å². The molecule has 0 aromatic heterocycles. The maximum Gasteiger partial charge on any atom is 0.272 e. The quantitative estimate of drug-likeness (QED) is 0.825. The van der Waals surface area contributed by atoms with E-state index in [1.807, 2.05) is 30.0 Å². The molecule has 2 fully saturated rings.